The van der Waals surface area contributed by atoms with Crippen LogP contribution < -0.4 is 0 Å². The van der Waals surface area contributed by atoms with Gasteiger partial charge in [0.1, 0.15) is 0 Å². The highest BCUT2D eigenvalue weighted by Crippen LogP contribution is 2.49. The predicted octanol–water partition coefficient (Wildman–Crippen LogP) is 4.15. The van der Waals surface area contributed by atoms with E-state index in [0.717, 1.165) is 17.7 Å². The molecular weight excluding hydrogens is 319 g/mol. The van der Waals surface area contributed by atoms with Gasteiger partial charge >= 0.3 is 0 Å². The Labute approximate surface area is 139 Å². The van der Waals surface area contributed by atoms with Crippen molar-refractivity contribution in [1.29, 1.82) is 0 Å². The van der Waals surface area contributed by atoms with Crippen LogP contribution in [0.2, 0.25) is 10.0 Å². The van der Waals surface area contributed by atoms with E-state index < -0.39 is 0 Å². The van der Waals surface area contributed by atoms with E-state index in [9.17, 15) is 4.79 Å². The maximum atomic E-state index is 12.5. The zero-order valence-corrected chi connectivity index (χ0v) is 13.7. The molecule has 1 aliphatic rings. The zero-order chi connectivity index (χ0) is 15.7. The first-order chi connectivity index (χ1) is 10.6. The average molecular weight is 335 g/mol. The standard InChI is InChI=1S/C17H16Cl2N2O/c1-21(10-12-4-2-3-7-20-12)17(22)14-9-13(14)11-5-6-15(18)16(19)8-11/h2-8,13-14H,9-10H2,1H3/t13-,14-/m1/s1. The first-order valence-corrected chi connectivity index (χ1v) is 7.91. The van der Waals surface area contributed by atoms with E-state index in [-0.39, 0.29) is 17.7 Å². The van der Waals surface area contributed by atoms with Crippen molar-refractivity contribution < 1.29 is 4.79 Å². The molecule has 1 fully saturated rings. The number of carbonyl (C=O) groups excluding carboxylic acids is 1. The van der Waals surface area contributed by atoms with Crippen LogP contribution in [-0.2, 0) is 11.3 Å². The van der Waals surface area contributed by atoms with Gasteiger partial charge < -0.3 is 4.90 Å². The van der Waals surface area contributed by atoms with Gasteiger partial charge in [-0.05, 0) is 42.2 Å². The maximum Gasteiger partial charge on any atom is 0.226 e. The van der Waals surface area contributed by atoms with Crippen molar-refractivity contribution in [3.63, 3.8) is 0 Å². The largest absolute Gasteiger partial charge is 0.340 e. The fraction of sp³-hybridized carbons (Fsp3) is 0.294. The quantitative estimate of drug-likeness (QED) is 0.841. The molecule has 1 saturated carbocycles. The van der Waals surface area contributed by atoms with Crippen LogP contribution in [0.25, 0.3) is 0 Å². The molecule has 2 atom stereocenters. The Balaban J connectivity index is 1.63. The van der Waals surface area contributed by atoms with Gasteiger partial charge in [0.15, 0.2) is 0 Å². The number of halogens is 2. The minimum Gasteiger partial charge on any atom is -0.340 e. The van der Waals surface area contributed by atoms with E-state index >= 15 is 0 Å². The average Bonchev–Trinajstić information content (AvgIpc) is 3.31. The van der Waals surface area contributed by atoms with Crippen molar-refractivity contribution >= 4 is 29.1 Å². The molecule has 2 aromatic rings. The number of nitrogens with zero attached hydrogens (tertiary/aromatic N) is 2. The summed E-state index contributed by atoms with van der Waals surface area (Å²) in [6, 6.07) is 11.3. The lowest BCUT2D eigenvalue weighted by atomic mass is 10.1. The molecule has 0 radical (unpaired) electrons. The summed E-state index contributed by atoms with van der Waals surface area (Å²) in [7, 11) is 1.82. The molecule has 1 aromatic heterocycles. The summed E-state index contributed by atoms with van der Waals surface area (Å²) >= 11 is 12.0. The van der Waals surface area contributed by atoms with Gasteiger partial charge in [0.05, 0.1) is 22.3 Å². The van der Waals surface area contributed by atoms with Crippen LogP contribution >= 0.6 is 23.2 Å². The number of hydrogen-bond donors (Lipinski definition) is 0. The highest BCUT2D eigenvalue weighted by Gasteiger charge is 2.45. The number of amides is 1. The Bertz CT molecular complexity index is 690. The van der Waals surface area contributed by atoms with E-state index in [2.05, 4.69) is 4.98 Å². The van der Waals surface area contributed by atoms with Crippen LogP contribution in [0.4, 0.5) is 0 Å². The molecule has 1 aromatic carbocycles. The van der Waals surface area contributed by atoms with Crippen LogP contribution in [0.3, 0.4) is 0 Å². The van der Waals surface area contributed by atoms with Crippen LogP contribution in [0.15, 0.2) is 42.6 Å². The second kappa shape index (κ2) is 6.27. The number of rotatable bonds is 4. The second-order valence-electron chi connectivity index (χ2n) is 5.64. The van der Waals surface area contributed by atoms with E-state index in [1.165, 1.54) is 0 Å². The molecule has 22 heavy (non-hydrogen) atoms. The van der Waals surface area contributed by atoms with Crippen molar-refractivity contribution in [2.45, 2.75) is 18.9 Å². The molecule has 0 bridgehead atoms. The smallest absolute Gasteiger partial charge is 0.226 e. The van der Waals surface area contributed by atoms with Crippen molar-refractivity contribution in [2.75, 3.05) is 7.05 Å². The Hall–Kier alpha value is -1.58. The summed E-state index contributed by atoms with van der Waals surface area (Å²) in [5.74, 6) is 0.432. The second-order valence-corrected chi connectivity index (χ2v) is 6.45. The minimum atomic E-state index is 0.0333. The number of carbonyl (C=O) groups is 1. The summed E-state index contributed by atoms with van der Waals surface area (Å²) in [6.45, 7) is 0.532. The molecular formula is C17H16Cl2N2O. The molecule has 1 aliphatic carbocycles. The molecule has 1 heterocycles. The van der Waals surface area contributed by atoms with Crippen LogP contribution in [-0.4, -0.2) is 22.8 Å². The monoisotopic (exact) mass is 334 g/mol. The Morgan fingerprint density at radius 3 is 2.77 bits per heavy atom. The van der Waals surface area contributed by atoms with E-state index in [1.807, 2.05) is 37.4 Å². The highest BCUT2D eigenvalue weighted by atomic mass is 35.5. The van der Waals surface area contributed by atoms with Gasteiger partial charge in [0.2, 0.25) is 5.91 Å². The summed E-state index contributed by atoms with van der Waals surface area (Å²) in [4.78, 5) is 18.5. The molecule has 114 valence electrons. The summed E-state index contributed by atoms with van der Waals surface area (Å²) in [5.41, 5.74) is 1.98. The van der Waals surface area contributed by atoms with E-state index in [0.29, 0.717) is 16.6 Å². The molecule has 0 N–H and O–H groups in total. The van der Waals surface area contributed by atoms with Gasteiger partial charge in [0, 0.05) is 19.2 Å². The number of benzene rings is 1. The van der Waals surface area contributed by atoms with Crippen LogP contribution in [0.5, 0.6) is 0 Å². The summed E-state index contributed by atoms with van der Waals surface area (Å²) < 4.78 is 0. The molecule has 3 nitrogen and oxygen atoms in total. The number of hydrogen-bond acceptors (Lipinski definition) is 2. The summed E-state index contributed by atoms with van der Waals surface area (Å²) in [6.07, 6.45) is 2.60. The van der Waals surface area contributed by atoms with E-state index in [4.69, 9.17) is 23.2 Å². The Kier molecular flexibility index (Phi) is 4.37. The number of aromatic nitrogens is 1. The normalized spacial score (nSPS) is 19.8. The van der Waals surface area contributed by atoms with Gasteiger partial charge in [-0.2, -0.15) is 0 Å². The van der Waals surface area contributed by atoms with Crippen molar-refractivity contribution in [1.82, 2.24) is 9.88 Å². The highest BCUT2D eigenvalue weighted by molar-refractivity contribution is 6.42. The molecule has 3 rings (SSSR count). The topological polar surface area (TPSA) is 33.2 Å². The SMILES string of the molecule is CN(Cc1ccccn1)C(=O)[C@@H]1C[C@@H]1c1ccc(Cl)c(Cl)c1. The zero-order valence-electron chi connectivity index (χ0n) is 12.2. The lowest BCUT2D eigenvalue weighted by Crippen LogP contribution is -2.28. The van der Waals surface area contributed by atoms with Crippen LogP contribution in [0.1, 0.15) is 23.6 Å². The number of pyridine rings is 1. The molecule has 5 heteroatoms. The minimum absolute atomic E-state index is 0.0333. The lowest BCUT2D eigenvalue weighted by molar-refractivity contribution is -0.131. The van der Waals surface area contributed by atoms with Crippen molar-refractivity contribution in [3.8, 4) is 0 Å². The van der Waals surface area contributed by atoms with Crippen molar-refractivity contribution in [2.24, 2.45) is 5.92 Å². The Morgan fingerprint density at radius 1 is 1.27 bits per heavy atom. The third-order valence-corrected chi connectivity index (χ3v) is 4.72. The van der Waals surface area contributed by atoms with Gasteiger partial charge in [-0.1, -0.05) is 35.3 Å². The van der Waals surface area contributed by atoms with Gasteiger partial charge in [0.25, 0.3) is 0 Å². The van der Waals surface area contributed by atoms with Crippen LogP contribution in [0, 0.1) is 5.92 Å². The first kappa shape index (κ1) is 15.3. The molecule has 1 amide bonds. The fourth-order valence-electron chi connectivity index (χ4n) is 2.67. The fourth-order valence-corrected chi connectivity index (χ4v) is 2.98. The molecule has 0 unspecified atom stereocenters. The van der Waals surface area contributed by atoms with Gasteiger partial charge in [-0.3, -0.25) is 9.78 Å². The first-order valence-electron chi connectivity index (χ1n) is 7.16. The van der Waals surface area contributed by atoms with Gasteiger partial charge in [-0.25, -0.2) is 0 Å². The molecule has 0 saturated heterocycles. The maximum absolute atomic E-state index is 12.5. The van der Waals surface area contributed by atoms with Crippen molar-refractivity contribution in [3.05, 3.63) is 63.9 Å². The third-order valence-electron chi connectivity index (χ3n) is 3.98. The Morgan fingerprint density at radius 2 is 2.09 bits per heavy atom. The summed E-state index contributed by atoms with van der Waals surface area (Å²) in [5, 5.41) is 1.08. The van der Waals surface area contributed by atoms with Gasteiger partial charge in [-0.15, -0.1) is 0 Å². The third kappa shape index (κ3) is 3.26. The van der Waals surface area contributed by atoms with E-state index in [1.54, 1.807) is 17.2 Å². The molecule has 0 spiro atoms. The molecule has 0 aliphatic heterocycles. The predicted molar refractivity (Wildman–Crippen MR) is 88.0 cm³/mol. The lowest BCUT2D eigenvalue weighted by Gasteiger charge is -2.16.